The highest BCUT2D eigenvalue weighted by Crippen LogP contribution is 2.40. The number of benzene rings is 1. The van der Waals surface area contributed by atoms with E-state index in [0.29, 0.717) is 5.57 Å². The minimum atomic E-state index is -1.02. The first-order valence-corrected chi connectivity index (χ1v) is 6.17. The molecule has 1 aromatic rings. The van der Waals surface area contributed by atoms with E-state index in [0.717, 1.165) is 0 Å². The molecule has 5 heteroatoms. The van der Waals surface area contributed by atoms with Gasteiger partial charge < -0.3 is 15.3 Å². The van der Waals surface area contributed by atoms with Crippen LogP contribution in [0.3, 0.4) is 0 Å². The van der Waals surface area contributed by atoms with Crippen LogP contribution >= 0.6 is 0 Å². The summed E-state index contributed by atoms with van der Waals surface area (Å²) >= 11 is 0. The Kier molecular flexibility index (Phi) is 2.72. The summed E-state index contributed by atoms with van der Waals surface area (Å²) < 4.78 is 0. The lowest BCUT2D eigenvalue weighted by molar-refractivity contribution is 0.0753. The largest absolute Gasteiger partial charge is 0.511 e. The molecule has 0 amide bonds. The van der Waals surface area contributed by atoms with Gasteiger partial charge in [0.1, 0.15) is 11.5 Å². The van der Waals surface area contributed by atoms with Gasteiger partial charge in [-0.2, -0.15) is 0 Å². The van der Waals surface area contributed by atoms with Gasteiger partial charge >= 0.3 is 0 Å². The fourth-order valence-corrected chi connectivity index (χ4v) is 2.80. The van der Waals surface area contributed by atoms with Crippen molar-refractivity contribution in [3.8, 4) is 5.75 Å². The quantitative estimate of drug-likeness (QED) is 0.718. The number of aliphatic hydroxyl groups is 2. The smallest absolute Gasteiger partial charge is 0.178 e. The van der Waals surface area contributed by atoms with Crippen molar-refractivity contribution in [3.05, 3.63) is 52.8 Å². The van der Waals surface area contributed by atoms with E-state index in [4.69, 9.17) is 5.11 Å². The van der Waals surface area contributed by atoms with Crippen LogP contribution in [0.15, 0.2) is 41.7 Å². The van der Waals surface area contributed by atoms with E-state index >= 15 is 0 Å². The monoisotopic (exact) mass is 272 g/mol. The van der Waals surface area contributed by atoms with Gasteiger partial charge in [-0.05, 0) is 17.7 Å². The minimum absolute atomic E-state index is 0.0421. The van der Waals surface area contributed by atoms with Crippen LogP contribution in [0.4, 0.5) is 0 Å². The average molecular weight is 272 g/mol. The zero-order valence-electron chi connectivity index (χ0n) is 10.4. The van der Waals surface area contributed by atoms with Crippen molar-refractivity contribution in [1.29, 1.82) is 0 Å². The molecule has 0 saturated carbocycles. The molecule has 0 fully saturated rings. The van der Waals surface area contributed by atoms with Gasteiger partial charge in [-0.1, -0.05) is 18.2 Å². The first-order chi connectivity index (χ1) is 9.54. The number of rotatable bonds is 1. The molecule has 0 aliphatic heterocycles. The van der Waals surface area contributed by atoms with Gasteiger partial charge in [0.25, 0.3) is 0 Å². The number of hydrogen-bond acceptors (Lipinski definition) is 5. The van der Waals surface area contributed by atoms with Gasteiger partial charge in [0.05, 0.1) is 24.0 Å². The molecule has 2 atom stereocenters. The molecule has 5 nitrogen and oxygen atoms in total. The third-order valence-corrected chi connectivity index (χ3v) is 3.73. The standard InChI is InChI=1S/C15H12O5/c16-6-7-4-9-13(11(18)5-7)15(20)12-8(14(9)19)2-1-3-10(12)17/h1-5,9,13,16-18H,6H2/t9-,13+/m0/s1. The lowest BCUT2D eigenvalue weighted by Crippen LogP contribution is -2.38. The summed E-state index contributed by atoms with van der Waals surface area (Å²) in [5.74, 6) is -3.18. The number of phenolic OH excluding ortho intramolecular Hbond substituents is 1. The number of allylic oxidation sites excluding steroid dienone is 2. The number of carbonyl (C=O) groups excluding carboxylic acids is 2. The summed E-state index contributed by atoms with van der Waals surface area (Å²) in [6, 6.07) is 4.31. The second-order valence-corrected chi connectivity index (χ2v) is 4.90. The Labute approximate surface area is 114 Å². The van der Waals surface area contributed by atoms with Gasteiger partial charge in [0.15, 0.2) is 11.6 Å². The molecular formula is C15H12O5. The van der Waals surface area contributed by atoms with E-state index in [-0.39, 0.29) is 35.0 Å². The number of fused-ring (bicyclic) bond motifs is 2. The molecule has 0 aromatic heterocycles. The van der Waals surface area contributed by atoms with Crippen LogP contribution < -0.4 is 0 Å². The second-order valence-electron chi connectivity index (χ2n) is 4.90. The average Bonchev–Trinajstić information content (AvgIpc) is 2.43. The number of ketones is 2. The number of carbonyl (C=O) groups is 2. The first-order valence-electron chi connectivity index (χ1n) is 6.17. The Balaban J connectivity index is 2.21. The molecule has 1 aromatic carbocycles. The van der Waals surface area contributed by atoms with Gasteiger partial charge in [-0.15, -0.1) is 0 Å². The number of hydrogen-bond donors (Lipinski definition) is 3. The van der Waals surface area contributed by atoms with Crippen molar-refractivity contribution in [1.82, 2.24) is 0 Å². The number of aliphatic hydroxyl groups excluding tert-OH is 2. The van der Waals surface area contributed by atoms with Crippen LogP contribution in [0.2, 0.25) is 0 Å². The third kappa shape index (κ3) is 1.60. The summed E-state index contributed by atoms with van der Waals surface area (Å²) in [7, 11) is 0. The van der Waals surface area contributed by atoms with Crippen molar-refractivity contribution in [2.45, 2.75) is 0 Å². The predicted molar refractivity (Wildman–Crippen MR) is 69.6 cm³/mol. The molecule has 20 heavy (non-hydrogen) atoms. The minimum Gasteiger partial charge on any atom is -0.511 e. The maximum atomic E-state index is 12.4. The predicted octanol–water partition coefficient (Wildman–Crippen LogP) is 1.38. The Morgan fingerprint density at radius 2 is 1.85 bits per heavy atom. The van der Waals surface area contributed by atoms with E-state index in [2.05, 4.69) is 0 Å². The van der Waals surface area contributed by atoms with Crippen LogP contribution in [0.25, 0.3) is 0 Å². The molecule has 0 heterocycles. The molecule has 2 aliphatic carbocycles. The molecule has 2 aliphatic rings. The van der Waals surface area contributed by atoms with Crippen molar-refractivity contribution in [2.75, 3.05) is 6.61 Å². The van der Waals surface area contributed by atoms with Crippen LogP contribution in [0.5, 0.6) is 5.75 Å². The second kappa shape index (κ2) is 4.31. The Hall–Kier alpha value is -2.40. The van der Waals surface area contributed by atoms with Gasteiger partial charge in [-0.3, -0.25) is 9.59 Å². The Bertz CT molecular complexity index is 684. The highest BCUT2D eigenvalue weighted by Gasteiger charge is 2.45. The van der Waals surface area contributed by atoms with Gasteiger partial charge in [-0.25, -0.2) is 0 Å². The molecule has 102 valence electrons. The number of Topliss-reactive ketones (excluding diaryl/α,β-unsaturated/α-hetero) is 2. The molecule has 0 unspecified atom stereocenters. The van der Waals surface area contributed by atoms with Crippen LogP contribution in [0.1, 0.15) is 20.7 Å². The van der Waals surface area contributed by atoms with E-state index in [9.17, 15) is 19.8 Å². The zero-order valence-corrected chi connectivity index (χ0v) is 10.4. The summed E-state index contributed by atoms with van der Waals surface area (Å²) in [6.45, 7) is -0.318. The van der Waals surface area contributed by atoms with E-state index in [1.165, 1.54) is 30.4 Å². The molecule has 0 spiro atoms. The van der Waals surface area contributed by atoms with Crippen LogP contribution in [-0.2, 0) is 0 Å². The number of phenols is 1. The molecule has 3 N–H and O–H groups in total. The fourth-order valence-electron chi connectivity index (χ4n) is 2.80. The van der Waals surface area contributed by atoms with Crippen molar-refractivity contribution in [2.24, 2.45) is 11.8 Å². The highest BCUT2D eigenvalue weighted by atomic mass is 16.3. The third-order valence-electron chi connectivity index (χ3n) is 3.73. The normalized spacial score (nSPS) is 24.6. The van der Waals surface area contributed by atoms with Gasteiger partial charge in [0, 0.05) is 5.56 Å². The summed E-state index contributed by atoms with van der Waals surface area (Å²) in [6.07, 6.45) is 2.79. The molecule has 0 radical (unpaired) electrons. The zero-order chi connectivity index (χ0) is 14.4. The van der Waals surface area contributed by atoms with E-state index in [1.54, 1.807) is 0 Å². The SMILES string of the molecule is O=C1c2c(O)cccc2C(=O)[C@H]2C=C(CO)C=C(O)[C@H]12. The number of aromatic hydroxyl groups is 1. The maximum absolute atomic E-state index is 12.4. The molecule has 0 bridgehead atoms. The highest BCUT2D eigenvalue weighted by molar-refractivity contribution is 6.18. The van der Waals surface area contributed by atoms with E-state index < -0.39 is 17.6 Å². The summed E-state index contributed by atoms with van der Waals surface area (Å²) in [5, 5.41) is 28.9. The summed E-state index contributed by atoms with van der Waals surface area (Å²) in [5.41, 5.74) is 0.507. The Morgan fingerprint density at radius 1 is 1.10 bits per heavy atom. The molecule has 0 saturated heterocycles. The Morgan fingerprint density at radius 3 is 2.55 bits per heavy atom. The van der Waals surface area contributed by atoms with Crippen LogP contribution in [0, 0.1) is 11.8 Å². The summed E-state index contributed by atoms with van der Waals surface area (Å²) in [4.78, 5) is 24.8. The lowest BCUT2D eigenvalue weighted by atomic mass is 9.70. The van der Waals surface area contributed by atoms with E-state index in [1.807, 2.05) is 0 Å². The molecule has 3 rings (SSSR count). The van der Waals surface area contributed by atoms with Crippen LogP contribution in [-0.4, -0.2) is 33.5 Å². The van der Waals surface area contributed by atoms with Crippen molar-refractivity contribution < 1.29 is 24.9 Å². The lowest BCUT2D eigenvalue weighted by Gasteiger charge is -2.31. The topological polar surface area (TPSA) is 94.8 Å². The first kappa shape index (κ1) is 12.6. The maximum Gasteiger partial charge on any atom is 0.178 e. The fraction of sp³-hybridized carbons (Fsp3) is 0.200. The molecular weight excluding hydrogens is 260 g/mol. The van der Waals surface area contributed by atoms with Crippen molar-refractivity contribution in [3.63, 3.8) is 0 Å². The van der Waals surface area contributed by atoms with Gasteiger partial charge in [0.2, 0.25) is 0 Å². The van der Waals surface area contributed by atoms with Crippen molar-refractivity contribution >= 4 is 11.6 Å².